The predicted octanol–water partition coefficient (Wildman–Crippen LogP) is 0.428. The van der Waals surface area contributed by atoms with Crippen LogP contribution in [0.1, 0.15) is 30.4 Å². The van der Waals surface area contributed by atoms with Crippen LogP contribution in [0.4, 0.5) is 4.39 Å². The van der Waals surface area contributed by atoms with Crippen LogP contribution in [0.25, 0.3) is 0 Å². The van der Waals surface area contributed by atoms with Gasteiger partial charge in [-0.05, 0) is 30.2 Å². The van der Waals surface area contributed by atoms with Gasteiger partial charge in [-0.15, -0.1) is 0 Å². The molecular formula is C24H34FN3O2+2. The van der Waals surface area contributed by atoms with Gasteiger partial charge in [0.05, 0.1) is 12.7 Å². The van der Waals surface area contributed by atoms with Crippen LogP contribution in [-0.2, 0) is 11.3 Å². The number of quaternary nitrogens is 2. The largest absolute Gasteiger partial charge is 0.496 e. The first-order chi connectivity index (χ1) is 14.6. The van der Waals surface area contributed by atoms with Crippen LogP contribution in [-0.4, -0.2) is 52.3 Å². The van der Waals surface area contributed by atoms with Crippen LogP contribution < -0.4 is 19.9 Å². The van der Waals surface area contributed by atoms with Crippen molar-refractivity contribution in [1.82, 2.24) is 5.32 Å². The van der Waals surface area contributed by atoms with Crippen LogP contribution in [0.2, 0.25) is 0 Å². The Balaban J connectivity index is 1.42. The third-order valence-corrected chi connectivity index (χ3v) is 6.07. The first-order valence-electron chi connectivity index (χ1n) is 10.9. The maximum atomic E-state index is 13.6. The summed E-state index contributed by atoms with van der Waals surface area (Å²) in [5.74, 6) is 0.983. The molecule has 1 atom stereocenters. The van der Waals surface area contributed by atoms with E-state index in [-0.39, 0.29) is 11.7 Å². The lowest BCUT2D eigenvalue weighted by molar-refractivity contribution is -1.02. The molecule has 1 fully saturated rings. The summed E-state index contributed by atoms with van der Waals surface area (Å²) in [6, 6.07) is 15.0. The highest BCUT2D eigenvalue weighted by atomic mass is 19.1. The Morgan fingerprint density at radius 3 is 2.47 bits per heavy atom. The normalized spacial score (nSPS) is 19.8. The van der Waals surface area contributed by atoms with Gasteiger partial charge in [0.15, 0.2) is 6.54 Å². The highest BCUT2D eigenvalue weighted by molar-refractivity contribution is 5.76. The number of hydrogen-bond acceptors (Lipinski definition) is 2. The lowest BCUT2D eigenvalue weighted by Crippen LogP contribution is -3.28. The Hall–Kier alpha value is -2.44. The van der Waals surface area contributed by atoms with Crippen LogP contribution >= 0.6 is 0 Å². The minimum Gasteiger partial charge on any atom is -0.496 e. The number of halogens is 1. The van der Waals surface area contributed by atoms with E-state index >= 15 is 0 Å². The summed E-state index contributed by atoms with van der Waals surface area (Å²) in [4.78, 5) is 15.2. The summed E-state index contributed by atoms with van der Waals surface area (Å²) in [6.07, 6.45) is 1.00. The molecule has 3 N–H and O–H groups in total. The van der Waals surface area contributed by atoms with E-state index in [0.717, 1.165) is 50.5 Å². The molecule has 2 aromatic rings. The van der Waals surface area contributed by atoms with Gasteiger partial charge in [-0.3, -0.25) is 4.79 Å². The highest BCUT2D eigenvalue weighted by Gasteiger charge is 2.26. The first kappa shape index (κ1) is 22.2. The van der Waals surface area contributed by atoms with Gasteiger partial charge in [-0.1, -0.05) is 37.3 Å². The lowest BCUT2D eigenvalue weighted by Gasteiger charge is -2.29. The molecule has 1 saturated heterocycles. The molecule has 0 radical (unpaired) electrons. The summed E-state index contributed by atoms with van der Waals surface area (Å²) >= 11 is 0. The van der Waals surface area contributed by atoms with Gasteiger partial charge >= 0.3 is 0 Å². The van der Waals surface area contributed by atoms with Gasteiger partial charge in [0.25, 0.3) is 5.91 Å². The third kappa shape index (κ3) is 6.28. The van der Waals surface area contributed by atoms with Gasteiger partial charge in [-0.2, -0.15) is 0 Å². The molecule has 6 heteroatoms. The molecule has 2 aromatic carbocycles. The molecule has 1 heterocycles. The van der Waals surface area contributed by atoms with E-state index in [2.05, 4.69) is 24.4 Å². The number of nitrogens with one attached hydrogen (secondary N) is 3. The molecule has 0 aromatic heterocycles. The van der Waals surface area contributed by atoms with Crippen molar-refractivity contribution in [2.24, 2.45) is 0 Å². The van der Waals surface area contributed by atoms with E-state index < -0.39 is 0 Å². The van der Waals surface area contributed by atoms with E-state index in [0.29, 0.717) is 19.0 Å². The van der Waals surface area contributed by atoms with Crippen LogP contribution in [0, 0.1) is 5.82 Å². The zero-order valence-electron chi connectivity index (χ0n) is 18.0. The second-order valence-electron chi connectivity index (χ2n) is 8.13. The average Bonchev–Trinajstić information content (AvgIpc) is 2.76. The van der Waals surface area contributed by atoms with Crippen LogP contribution in [0.5, 0.6) is 5.75 Å². The van der Waals surface area contributed by atoms with Gasteiger partial charge < -0.3 is 19.9 Å². The molecular weight excluding hydrogens is 381 g/mol. The fraction of sp³-hybridized carbons (Fsp3) is 0.458. The first-order valence-corrected chi connectivity index (χ1v) is 10.9. The van der Waals surface area contributed by atoms with E-state index in [1.807, 2.05) is 18.2 Å². The summed E-state index contributed by atoms with van der Waals surface area (Å²) in [5.41, 5.74) is 2.18. The molecule has 30 heavy (non-hydrogen) atoms. The standard InChI is InChI=1S/C24H32FN3O2/c1-3-19(20-7-5-4-6-8-20)16-26-24(29)18-28-13-11-27(12-14-28)17-21-15-22(25)9-10-23(21)30-2/h4-10,15,19H,3,11-14,16-18H2,1-2H3,(H,26,29)/p+2/t19-/m1/s1. The van der Waals surface area contributed by atoms with E-state index in [1.165, 1.54) is 21.4 Å². The number of methoxy groups -OCH3 is 1. The molecule has 0 bridgehead atoms. The zero-order chi connectivity index (χ0) is 21.3. The van der Waals surface area contributed by atoms with Crippen molar-refractivity contribution in [1.29, 1.82) is 0 Å². The average molecular weight is 416 g/mol. The fourth-order valence-corrected chi connectivity index (χ4v) is 4.21. The number of carbonyl (C=O) groups excluding carboxylic acids is 1. The van der Waals surface area contributed by atoms with Crippen LogP contribution in [0.3, 0.4) is 0 Å². The molecule has 1 aliphatic rings. The summed E-state index contributed by atoms with van der Waals surface area (Å²) < 4.78 is 19.0. The predicted molar refractivity (Wildman–Crippen MR) is 115 cm³/mol. The number of amides is 1. The maximum absolute atomic E-state index is 13.6. The second kappa shape index (κ2) is 11.1. The van der Waals surface area contributed by atoms with Crippen molar-refractivity contribution in [2.75, 3.05) is 46.4 Å². The monoisotopic (exact) mass is 415 g/mol. The Labute approximate surface area is 178 Å². The summed E-state index contributed by atoms with van der Waals surface area (Å²) in [6.45, 7) is 7.91. The van der Waals surface area contributed by atoms with E-state index in [4.69, 9.17) is 4.74 Å². The lowest BCUT2D eigenvalue weighted by atomic mass is 9.96. The van der Waals surface area contributed by atoms with Crippen LogP contribution in [0.15, 0.2) is 48.5 Å². The number of carbonyl (C=O) groups is 1. The third-order valence-electron chi connectivity index (χ3n) is 6.07. The molecule has 3 rings (SSSR count). The Kier molecular flexibility index (Phi) is 8.22. The number of rotatable bonds is 9. The molecule has 1 amide bonds. The fourth-order valence-electron chi connectivity index (χ4n) is 4.21. The molecule has 5 nitrogen and oxygen atoms in total. The Bertz CT molecular complexity index is 807. The molecule has 0 saturated carbocycles. The van der Waals surface area contributed by atoms with Crippen molar-refractivity contribution in [2.45, 2.75) is 25.8 Å². The smallest absolute Gasteiger partial charge is 0.275 e. The Morgan fingerprint density at radius 2 is 1.80 bits per heavy atom. The Morgan fingerprint density at radius 1 is 1.10 bits per heavy atom. The highest BCUT2D eigenvalue weighted by Crippen LogP contribution is 2.18. The second-order valence-corrected chi connectivity index (χ2v) is 8.13. The minimum atomic E-state index is -0.230. The van der Waals surface area contributed by atoms with E-state index in [1.54, 1.807) is 19.2 Å². The van der Waals surface area contributed by atoms with Crippen molar-refractivity contribution in [3.8, 4) is 5.75 Å². The summed E-state index contributed by atoms with van der Waals surface area (Å²) in [7, 11) is 1.62. The molecule has 0 unspecified atom stereocenters. The number of piperazine rings is 1. The molecule has 0 spiro atoms. The zero-order valence-corrected chi connectivity index (χ0v) is 18.0. The number of ether oxygens (including phenoxy) is 1. The molecule has 0 aliphatic carbocycles. The SMILES string of the molecule is CC[C@H](CNC(=O)C[NH+]1CC[NH+](Cc2cc(F)ccc2OC)CC1)c1ccccc1. The maximum Gasteiger partial charge on any atom is 0.275 e. The number of hydrogen-bond donors (Lipinski definition) is 3. The minimum absolute atomic E-state index is 0.120. The van der Waals surface area contributed by atoms with Gasteiger partial charge in [0, 0.05) is 12.5 Å². The summed E-state index contributed by atoms with van der Waals surface area (Å²) in [5, 5.41) is 3.13. The van der Waals surface area contributed by atoms with Crippen molar-refractivity contribution < 1.29 is 23.7 Å². The van der Waals surface area contributed by atoms with Crippen molar-refractivity contribution in [3.63, 3.8) is 0 Å². The van der Waals surface area contributed by atoms with Crippen molar-refractivity contribution in [3.05, 3.63) is 65.5 Å². The van der Waals surface area contributed by atoms with Gasteiger partial charge in [0.2, 0.25) is 0 Å². The van der Waals surface area contributed by atoms with Crippen molar-refractivity contribution >= 4 is 5.91 Å². The van der Waals surface area contributed by atoms with Gasteiger partial charge in [0.1, 0.15) is 44.3 Å². The molecule has 1 aliphatic heterocycles. The number of benzene rings is 2. The quantitative estimate of drug-likeness (QED) is 0.556. The van der Waals surface area contributed by atoms with Gasteiger partial charge in [-0.25, -0.2) is 4.39 Å². The molecule has 162 valence electrons. The topological polar surface area (TPSA) is 47.2 Å². The van der Waals surface area contributed by atoms with E-state index in [9.17, 15) is 9.18 Å².